The Kier molecular flexibility index (Phi) is 11.5. The molecule has 6 aliphatic rings. The highest BCUT2D eigenvalue weighted by molar-refractivity contribution is 8.23. The summed E-state index contributed by atoms with van der Waals surface area (Å²) >= 11 is 24.7. The van der Waals surface area contributed by atoms with Crippen LogP contribution in [0.5, 0.6) is 0 Å². The van der Waals surface area contributed by atoms with E-state index in [1.807, 2.05) is 70.6 Å². The minimum Gasteiger partial charge on any atom is -0.296 e. The van der Waals surface area contributed by atoms with Crippen molar-refractivity contribution in [3.63, 3.8) is 0 Å². The zero-order chi connectivity index (χ0) is 52.4. The van der Waals surface area contributed by atoms with Gasteiger partial charge in [-0.15, -0.1) is 141 Å². The van der Waals surface area contributed by atoms with Gasteiger partial charge < -0.3 is 0 Å². The lowest BCUT2D eigenvalue weighted by molar-refractivity contribution is 0.856. The van der Waals surface area contributed by atoms with Gasteiger partial charge in [-0.25, -0.2) is 15.0 Å². The van der Waals surface area contributed by atoms with E-state index >= 15 is 0 Å². The minimum atomic E-state index is -0.141. The molecule has 76 heavy (non-hydrogen) atoms. The lowest BCUT2D eigenvalue weighted by atomic mass is 9.83. The van der Waals surface area contributed by atoms with Crippen molar-refractivity contribution in [1.82, 2.24) is 28.7 Å². The summed E-state index contributed by atoms with van der Waals surface area (Å²) in [5.74, 6) is 1.39. The number of rotatable bonds is 6. The SMILES string of the molecule is CC1(C)Sc2c(c(-n3cnc4ccccc43)c3c(c2[C](c2c4c(c(-n5cnc6ccccc65)c5c2SC(C)(C)S5)SC(C)(C)S4)c2c4c(c(-n5cnc6ccccc65)c5c2SC(C)(C)S5)SC(C)(C)S4)SC(C)(C)S3)S1. The van der Waals surface area contributed by atoms with Crippen LogP contribution in [0, 0.1) is 5.92 Å². The quantitative estimate of drug-likeness (QED) is 0.148. The van der Waals surface area contributed by atoms with Crippen molar-refractivity contribution in [3.05, 3.63) is 114 Å². The molecule has 18 heteroatoms. The van der Waals surface area contributed by atoms with Crippen molar-refractivity contribution >= 4 is 174 Å². The van der Waals surface area contributed by atoms with Crippen molar-refractivity contribution < 1.29 is 0 Å². The Hall–Kier alpha value is -2.07. The third-order valence-electron chi connectivity index (χ3n) is 13.9. The Balaban J connectivity index is 1.14. The van der Waals surface area contributed by atoms with Crippen LogP contribution in [-0.2, 0) is 0 Å². The molecule has 0 saturated heterocycles. The number of imidazole rings is 3. The highest BCUT2D eigenvalue weighted by Gasteiger charge is 2.53. The van der Waals surface area contributed by atoms with Crippen LogP contribution in [0.3, 0.4) is 0 Å². The minimum absolute atomic E-state index is 0.141. The number of aromatic nitrogens is 6. The monoisotopic (exact) mass is 1220 g/mol. The molecule has 0 fully saturated rings. The number of thioether (sulfide) groups is 12. The summed E-state index contributed by atoms with van der Waals surface area (Å²) in [6, 6.07) is 26.0. The Morgan fingerprint density at radius 2 is 0.487 bits per heavy atom. The number of para-hydroxylation sites is 6. The summed E-state index contributed by atoms with van der Waals surface area (Å²) in [6.45, 7) is 29.2. The highest BCUT2D eigenvalue weighted by atomic mass is 32.2. The first-order chi connectivity index (χ1) is 36.0. The summed E-state index contributed by atoms with van der Waals surface area (Å²) in [6.07, 6.45) is 6.27. The molecule has 0 bridgehead atoms. The van der Waals surface area contributed by atoms with E-state index in [9.17, 15) is 0 Å². The average Bonchev–Trinajstić information content (AvgIpc) is 4.39. The van der Waals surface area contributed by atoms with E-state index in [4.69, 9.17) is 15.0 Å². The molecular formula is C58H51N6S12. The van der Waals surface area contributed by atoms with E-state index in [1.54, 1.807) is 0 Å². The molecule has 9 heterocycles. The number of nitrogens with zero attached hydrogens (tertiary/aromatic N) is 6. The molecule has 0 amide bonds. The maximum atomic E-state index is 5.07. The van der Waals surface area contributed by atoms with E-state index in [1.165, 1.54) is 98.4 Å². The zero-order valence-corrected chi connectivity index (χ0v) is 53.5. The van der Waals surface area contributed by atoms with Crippen LogP contribution < -0.4 is 0 Å². The second kappa shape index (κ2) is 17.2. The highest BCUT2D eigenvalue weighted by Crippen LogP contribution is 2.75. The van der Waals surface area contributed by atoms with Crippen LogP contribution in [0.4, 0.5) is 0 Å². The molecule has 15 rings (SSSR count). The smallest absolute Gasteiger partial charge is 0.100 e. The van der Waals surface area contributed by atoms with Crippen LogP contribution in [-0.4, -0.2) is 53.1 Å². The van der Waals surface area contributed by atoms with Crippen LogP contribution >= 0.6 is 141 Å². The summed E-state index contributed by atoms with van der Waals surface area (Å²) in [5.41, 5.74) is 14.5. The predicted molar refractivity (Wildman–Crippen MR) is 339 cm³/mol. The van der Waals surface area contributed by atoms with Gasteiger partial charge >= 0.3 is 0 Å². The fourth-order valence-corrected chi connectivity index (χ4v) is 29.0. The third kappa shape index (κ3) is 7.91. The standard InChI is InChI=1S/C58H51N6S12/c1-53(2)65-41-35(42-48(72-54(3,4)66-42)38(47(41)71-53)62-25-59-28-19-13-16-22-31(28)62)34(36-43-49(73-55(5,6)67-43)39(50-44(36)68-56(7,8)74-50)63-26-60-29-20-14-17-23-32(29)63)37-45-51(75-57(9,10)69-45)40(52-46(37)70-58(11,12)76-52)64-27-61-30-21-15-18-24-33(30)64/h13-27H,1-12H3. The van der Waals surface area contributed by atoms with Gasteiger partial charge in [0.15, 0.2) is 0 Å². The lowest BCUT2D eigenvalue weighted by Gasteiger charge is -2.32. The van der Waals surface area contributed by atoms with Gasteiger partial charge in [0.05, 0.1) is 80.6 Å². The third-order valence-corrected chi connectivity index (χ3v) is 30.9. The van der Waals surface area contributed by atoms with E-state index in [2.05, 4.69) is 259 Å². The Morgan fingerprint density at radius 1 is 0.289 bits per heavy atom. The zero-order valence-electron chi connectivity index (χ0n) is 43.7. The molecule has 0 unspecified atom stereocenters. The summed E-state index contributed by atoms with van der Waals surface area (Å²) in [4.78, 5) is 31.7. The summed E-state index contributed by atoms with van der Waals surface area (Å²) in [5, 5.41) is 0. The van der Waals surface area contributed by atoms with Gasteiger partial charge in [-0.1, -0.05) is 36.4 Å². The fourth-order valence-electron chi connectivity index (χ4n) is 11.3. The van der Waals surface area contributed by atoms with Crippen molar-refractivity contribution in [3.8, 4) is 17.1 Å². The van der Waals surface area contributed by atoms with E-state index in [-0.39, 0.29) is 24.5 Å². The maximum absolute atomic E-state index is 5.07. The lowest BCUT2D eigenvalue weighted by Crippen LogP contribution is -2.16. The van der Waals surface area contributed by atoms with Gasteiger partial charge in [-0.05, 0) is 136 Å². The second-order valence-corrected chi connectivity index (χ2v) is 43.6. The fraction of sp³-hybridized carbons (Fsp3) is 0.310. The number of hydrogen-bond acceptors (Lipinski definition) is 15. The molecule has 0 atom stereocenters. The molecule has 3 aromatic heterocycles. The van der Waals surface area contributed by atoms with Crippen LogP contribution in [0.25, 0.3) is 50.2 Å². The average molecular weight is 1220 g/mol. The molecule has 9 aromatic rings. The van der Waals surface area contributed by atoms with E-state index in [0.717, 1.165) is 33.1 Å². The van der Waals surface area contributed by atoms with E-state index in [0.29, 0.717) is 0 Å². The molecule has 0 spiro atoms. The molecule has 6 aliphatic heterocycles. The topological polar surface area (TPSA) is 53.5 Å². The molecule has 1 radical (unpaired) electrons. The van der Waals surface area contributed by atoms with Gasteiger partial charge in [0, 0.05) is 58.7 Å². The molecular weight excluding hydrogens is 1170 g/mol. The first-order valence-corrected chi connectivity index (χ1v) is 35.0. The first kappa shape index (κ1) is 50.9. The normalized spacial score (nSPS) is 20.5. The molecule has 6 nitrogen and oxygen atoms in total. The number of fused-ring (bicyclic) bond motifs is 9. The van der Waals surface area contributed by atoms with Crippen molar-refractivity contribution in [2.75, 3.05) is 0 Å². The van der Waals surface area contributed by atoms with Crippen molar-refractivity contribution in [2.45, 2.75) is 166 Å². The van der Waals surface area contributed by atoms with Gasteiger partial charge in [0.25, 0.3) is 0 Å². The maximum Gasteiger partial charge on any atom is 0.100 e. The predicted octanol–water partition coefficient (Wildman–Crippen LogP) is 20.3. The van der Waals surface area contributed by atoms with Gasteiger partial charge in [-0.2, -0.15) is 0 Å². The van der Waals surface area contributed by atoms with E-state index < -0.39 is 0 Å². The molecule has 6 aromatic carbocycles. The van der Waals surface area contributed by atoms with Gasteiger partial charge in [0.2, 0.25) is 0 Å². The van der Waals surface area contributed by atoms with Gasteiger partial charge in [-0.3, -0.25) is 13.7 Å². The van der Waals surface area contributed by atoms with Crippen molar-refractivity contribution in [2.24, 2.45) is 0 Å². The van der Waals surface area contributed by atoms with Gasteiger partial charge in [0.1, 0.15) is 19.0 Å². The summed E-state index contributed by atoms with van der Waals surface area (Å²) < 4.78 is 6.43. The van der Waals surface area contributed by atoms with Crippen LogP contribution in [0.15, 0.2) is 151 Å². The second-order valence-electron chi connectivity index (χ2n) is 22.4. The summed E-state index contributed by atoms with van der Waals surface area (Å²) in [7, 11) is 0. The molecule has 0 aliphatic carbocycles. The first-order valence-electron chi connectivity index (χ1n) is 25.2. The number of hydrogen-bond donors (Lipinski definition) is 0. The Bertz CT molecular complexity index is 3520. The van der Waals surface area contributed by atoms with Crippen LogP contribution in [0.1, 0.15) is 99.8 Å². The molecule has 0 saturated carbocycles. The Labute approximate surface area is 495 Å². The molecule has 385 valence electrons. The Morgan fingerprint density at radius 3 is 0.711 bits per heavy atom. The number of benzene rings is 6. The molecule has 0 N–H and O–H groups in total. The van der Waals surface area contributed by atoms with Crippen LogP contribution in [0.2, 0.25) is 0 Å². The van der Waals surface area contributed by atoms with Crippen molar-refractivity contribution in [1.29, 1.82) is 0 Å². The largest absolute Gasteiger partial charge is 0.296 e.